The summed E-state index contributed by atoms with van der Waals surface area (Å²) in [6.07, 6.45) is 2.76. The molecule has 3 heteroatoms. The zero-order chi connectivity index (χ0) is 14.7. The average molecular weight is 269 g/mol. The van der Waals surface area contributed by atoms with Gasteiger partial charge in [0.05, 0.1) is 5.69 Å². The van der Waals surface area contributed by atoms with Crippen LogP contribution in [0.25, 0.3) is 11.3 Å². The fraction of sp³-hybridized carbons (Fsp3) is 0.412. The molecule has 0 spiro atoms. The molecule has 0 aliphatic rings. The van der Waals surface area contributed by atoms with Crippen LogP contribution in [0.3, 0.4) is 0 Å². The Labute approximate surface area is 121 Å². The van der Waals surface area contributed by atoms with Gasteiger partial charge >= 0.3 is 0 Å². The molecule has 106 valence electrons. The highest BCUT2D eigenvalue weighted by Gasteiger charge is 2.11. The van der Waals surface area contributed by atoms with E-state index in [-0.39, 0.29) is 0 Å². The fourth-order valence-electron chi connectivity index (χ4n) is 2.37. The highest BCUT2D eigenvalue weighted by molar-refractivity contribution is 5.65. The van der Waals surface area contributed by atoms with E-state index in [1.165, 1.54) is 22.3 Å². The van der Waals surface area contributed by atoms with E-state index in [0.29, 0.717) is 12.5 Å². The summed E-state index contributed by atoms with van der Waals surface area (Å²) in [5.74, 6) is 1.18. The molecule has 0 saturated heterocycles. The Morgan fingerprint density at radius 1 is 1.10 bits per heavy atom. The molecule has 20 heavy (non-hydrogen) atoms. The Morgan fingerprint density at radius 3 is 2.55 bits per heavy atom. The molecule has 0 aliphatic carbocycles. The molecular formula is C17H23N3. The number of rotatable bonds is 4. The number of nitrogens with zero attached hydrogens (tertiary/aromatic N) is 2. The van der Waals surface area contributed by atoms with Crippen molar-refractivity contribution < 1.29 is 0 Å². The minimum atomic E-state index is 0.298. The monoisotopic (exact) mass is 269 g/mol. The van der Waals surface area contributed by atoms with Crippen molar-refractivity contribution in [3.8, 4) is 11.3 Å². The largest absolute Gasteiger partial charge is 0.330 e. The minimum absolute atomic E-state index is 0.298. The predicted octanol–water partition coefficient (Wildman–Crippen LogP) is 3.52. The lowest BCUT2D eigenvalue weighted by Crippen LogP contribution is -2.08. The van der Waals surface area contributed by atoms with Gasteiger partial charge in [0.1, 0.15) is 5.82 Å². The summed E-state index contributed by atoms with van der Waals surface area (Å²) in [5, 5.41) is 0. The number of nitrogens with two attached hydrogens (primary N) is 1. The Hall–Kier alpha value is -1.74. The van der Waals surface area contributed by atoms with Crippen molar-refractivity contribution >= 4 is 0 Å². The highest BCUT2D eigenvalue weighted by Crippen LogP contribution is 2.26. The molecule has 1 atom stereocenters. The van der Waals surface area contributed by atoms with Crippen molar-refractivity contribution in [1.82, 2.24) is 9.97 Å². The lowest BCUT2D eigenvalue weighted by atomic mass is 9.96. The van der Waals surface area contributed by atoms with Gasteiger partial charge in [0, 0.05) is 17.7 Å². The standard InChI is InChI=1S/C17H23N3/c1-11-5-6-15(14(4)13(11)3)16-8-10-19-17(20-16)12(2)7-9-18/h5-6,8,10,12H,7,9,18H2,1-4H3. The van der Waals surface area contributed by atoms with Crippen LogP contribution in [-0.2, 0) is 0 Å². The van der Waals surface area contributed by atoms with Crippen molar-refractivity contribution in [3.05, 3.63) is 46.9 Å². The number of aromatic nitrogens is 2. The maximum absolute atomic E-state index is 5.62. The van der Waals surface area contributed by atoms with Crippen molar-refractivity contribution in [1.29, 1.82) is 0 Å². The van der Waals surface area contributed by atoms with Gasteiger partial charge in [0.2, 0.25) is 0 Å². The summed E-state index contributed by atoms with van der Waals surface area (Å²) in [6.45, 7) is 9.24. The van der Waals surface area contributed by atoms with Gasteiger partial charge in [-0.25, -0.2) is 9.97 Å². The van der Waals surface area contributed by atoms with Gasteiger partial charge in [0.25, 0.3) is 0 Å². The predicted molar refractivity (Wildman–Crippen MR) is 83.8 cm³/mol. The summed E-state index contributed by atoms with van der Waals surface area (Å²) in [4.78, 5) is 9.11. The fourth-order valence-corrected chi connectivity index (χ4v) is 2.37. The first kappa shape index (κ1) is 14.7. The van der Waals surface area contributed by atoms with Gasteiger partial charge in [-0.15, -0.1) is 0 Å². The Balaban J connectivity index is 2.44. The third kappa shape index (κ3) is 2.88. The SMILES string of the molecule is Cc1ccc(-c2ccnc(C(C)CCN)n2)c(C)c1C. The molecule has 1 aromatic carbocycles. The van der Waals surface area contributed by atoms with Crippen LogP contribution in [-0.4, -0.2) is 16.5 Å². The van der Waals surface area contributed by atoms with Gasteiger partial charge in [0.15, 0.2) is 0 Å². The molecule has 2 rings (SSSR count). The number of hydrogen-bond donors (Lipinski definition) is 1. The normalized spacial score (nSPS) is 12.4. The van der Waals surface area contributed by atoms with Crippen LogP contribution >= 0.6 is 0 Å². The minimum Gasteiger partial charge on any atom is -0.330 e. The van der Waals surface area contributed by atoms with Crippen LogP contribution in [0, 0.1) is 20.8 Å². The molecular weight excluding hydrogens is 246 g/mol. The lowest BCUT2D eigenvalue weighted by Gasteiger charge is -2.13. The van der Waals surface area contributed by atoms with E-state index in [1.807, 2.05) is 12.3 Å². The van der Waals surface area contributed by atoms with Gasteiger partial charge in [-0.05, 0) is 56.5 Å². The molecule has 0 bridgehead atoms. The molecule has 0 radical (unpaired) electrons. The first-order valence-electron chi connectivity index (χ1n) is 7.14. The summed E-state index contributed by atoms with van der Waals surface area (Å²) in [7, 11) is 0. The van der Waals surface area contributed by atoms with Crippen molar-refractivity contribution in [3.63, 3.8) is 0 Å². The van der Waals surface area contributed by atoms with Gasteiger partial charge in [-0.2, -0.15) is 0 Å². The molecule has 0 saturated carbocycles. The van der Waals surface area contributed by atoms with E-state index < -0.39 is 0 Å². The Bertz CT molecular complexity index is 605. The molecule has 0 aliphatic heterocycles. The maximum atomic E-state index is 5.62. The van der Waals surface area contributed by atoms with Crippen molar-refractivity contribution in [2.75, 3.05) is 6.54 Å². The van der Waals surface area contributed by atoms with Gasteiger partial charge in [-0.3, -0.25) is 0 Å². The molecule has 0 amide bonds. The summed E-state index contributed by atoms with van der Waals surface area (Å²) in [5.41, 5.74) is 11.8. The molecule has 2 aromatic rings. The maximum Gasteiger partial charge on any atom is 0.131 e. The van der Waals surface area contributed by atoms with Crippen LogP contribution in [0.4, 0.5) is 0 Å². The summed E-state index contributed by atoms with van der Waals surface area (Å²) < 4.78 is 0. The zero-order valence-corrected chi connectivity index (χ0v) is 12.8. The Morgan fingerprint density at radius 2 is 1.85 bits per heavy atom. The second-order valence-electron chi connectivity index (χ2n) is 5.46. The van der Waals surface area contributed by atoms with Crippen molar-refractivity contribution in [2.24, 2.45) is 5.73 Å². The third-order valence-corrected chi connectivity index (χ3v) is 4.05. The highest BCUT2D eigenvalue weighted by atomic mass is 14.9. The van der Waals surface area contributed by atoms with E-state index in [9.17, 15) is 0 Å². The molecule has 1 unspecified atom stereocenters. The zero-order valence-electron chi connectivity index (χ0n) is 12.8. The average Bonchev–Trinajstić information content (AvgIpc) is 2.45. The first-order valence-corrected chi connectivity index (χ1v) is 7.14. The van der Waals surface area contributed by atoms with Crippen molar-refractivity contribution in [2.45, 2.75) is 40.0 Å². The second-order valence-corrected chi connectivity index (χ2v) is 5.46. The molecule has 1 heterocycles. The van der Waals surface area contributed by atoms with Crippen LogP contribution in [0.1, 0.15) is 41.8 Å². The first-order chi connectivity index (χ1) is 9.54. The molecule has 3 nitrogen and oxygen atoms in total. The number of benzene rings is 1. The Kier molecular flexibility index (Phi) is 4.50. The smallest absolute Gasteiger partial charge is 0.131 e. The molecule has 2 N–H and O–H groups in total. The van der Waals surface area contributed by atoms with Gasteiger partial charge in [-0.1, -0.05) is 19.1 Å². The number of aryl methyl sites for hydroxylation is 1. The van der Waals surface area contributed by atoms with Gasteiger partial charge < -0.3 is 5.73 Å². The van der Waals surface area contributed by atoms with E-state index in [4.69, 9.17) is 10.7 Å². The van der Waals surface area contributed by atoms with Crippen LogP contribution < -0.4 is 5.73 Å². The van der Waals surface area contributed by atoms with Crippen LogP contribution in [0.15, 0.2) is 24.4 Å². The van der Waals surface area contributed by atoms with E-state index in [1.54, 1.807) is 0 Å². The molecule has 1 aromatic heterocycles. The quantitative estimate of drug-likeness (QED) is 0.924. The summed E-state index contributed by atoms with van der Waals surface area (Å²) in [6, 6.07) is 6.29. The van der Waals surface area contributed by atoms with E-state index >= 15 is 0 Å². The van der Waals surface area contributed by atoms with E-state index in [0.717, 1.165) is 17.9 Å². The number of hydrogen-bond acceptors (Lipinski definition) is 3. The summed E-state index contributed by atoms with van der Waals surface area (Å²) >= 11 is 0. The second kappa shape index (κ2) is 6.14. The van der Waals surface area contributed by atoms with E-state index in [2.05, 4.69) is 44.8 Å². The molecule has 0 fully saturated rings. The third-order valence-electron chi connectivity index (χ3n) is 4.05. The van der Waals surface area contributed by atoms with Crippen LogP contribution in [0.5, 0.6) is 0 Å². The van der Waals surface area contributed by atoms with Crippen LogP contribution in [0.2, 0.25) is 0 Å². The lowest BCUT2D eigenvalue weighted by molar-refractivity contribution is 0.647. The topological polar surface area (TPSA) is 51.8 Å².